The summed E-state index contributed by atoms with van der Waals surface area (Å²) in [6, 6.07) is 6.29. The molecule has 2 heterocycles. The third-order valence-electron chi connectivity index (χ3n) is 3.23. The number of aromatic nitrogens is 3. The molecular formula is C14H15N3S2. The molecule has 0 fully saturated rings. The van der Waals surface area contributed by atoms with Gasteiger partial charge in [0.1, 0.15) is 0 Å². The van der Waals surface area contributed by atoms with Gasteiger partial charge in [0.25, 0.3) is 0 Å². The summed E-state index contributed by atoms with van der Waals surface area (Å²) in [6.07, 6.45) is 0.924. The van der Waals surface area contributed by atoms with Crippen molar-refractivity contribution in [1.29, 1.82) is 0 Å². The number of nitrogens with zero attached hydrogens (tertiary/aromatic N) is 2. The van der Waals surface area contributed by atoms with E-state index in [1.165, 1.54) is 16.1 Å². The molecule has 1 aromatic carbocycles. The molecule has 0 atom stereocenters. The standard InChI is InChI=1S/C14H15N3S2/c1-9-4-3-5-11-13(9)16-14(18)17(11)7-6-12-15-10(2)8-19-12/h3-5,8H,6-7H2,1-2H3,(H,16,18). The van der Waals surface area contributed by atoms with Gasteiger partial charge in [0.15, 0.2) is 4.77 Å². The van der Waals surface area contributed by atoms with Gasteiger partial charge >= 0.3 is 0 Å². The van der Waals surface area contributed by atoms with E-state index in [1.807, 2.05) is 6.92 Å². The number of nitrogens with one attached hydrogen (secondary N) is 1. The first-order valence-corrected chi connectivity index (χ1v) is 7.53. The van der Waals surface area contributed by atoms with E-state index in [0.717, 1.165) is 28.9 Å². The molecule has 1 N–H and O–H groups in total. The molecule has 0 saturated carbocycles. The van der Waals surface area contributed by atoms with Gasteiger partial charge in [-0.2, -0.15) is 0 Å². The fourth-order valence-electron chi connectivity index (χ4n) is 2.27. The maximum Gasteiger partial charge on any atom is 0.178 e. The van der Waals surface area contributed by atoms with E-state index in [9.17, 15) is 0 Å². The summed E-state index contributed by atoms with van der Waals surface area (Å²) in [5.41, 5.74) is 4.65. The zero-order valence-electron chi connectivity index (χ0n) is 10.9. The normalized spacial score (nSPS) is 11.3. The zero-order valence-corrected chi connectivity index (χ0v) is 12.6. The summed E-state index contributed by atoms with van der Waals surface area (Å²) >= 11 is 7.14. The van der Waals surface area contributed by atoms with Crippen LogP contribution < -0.4 is 0 Å². The molecule has 19 heavy (non-hydrogen) atoms. The summed E-state index contributed by atoms with van der Waals surface area (Å²) in [4.78, 5) is 7.80. The number of thiazole rings is 1. The summed E-state index contributed by atoms with van der Waals surface area (Å²) in [5.74, 6) is 0. The summed E-state index contributed by atoms with van der Waals surface area (Å²) < 4.78 is 2.95. The molecule has 0 aliphatic rings. The maximum absolute atomic E-state index is 5.42. The highest BCUT2D eigenvalue weighted by molar-refractivity contribution is 7.71. The highest BCUT2D eigenvalue weighted by atomic mass is 32.1. The van der Waals surface area contributed by atoms with Gasteiger partial charge in [-0.1, -0.05) is 12.1 Å². The summed E-state index contributed by atoms with van der Waals surface area (Å²) in [7, 11) is 0. The van der Waals surface area contributed by atoms with Crippen molar-refractivity contribution in [3.63, 3.8) is 0 Å². The van der Waals surface area contributed by atoms with Gasteiger partial charge in [-0.05, 0) is 37.7 Å². The van der Waals surface area contributed by atoms with E-state index in [4.69, 9.17) is 12.2 Å². The molecular weight excluding hydrogens is 274 g/mol. The van der Waals surface area contributed by atoms with E-state index in [0.29, 0.717) is 0 Å². The number of H-pyrrole nitrogens is 1. The molecule has 0 unspecified atom stereocenters. The Kier molecular flexibility index (Phi) is 3.24. The van der Waals surface area contributed by atoms with Crippen molar-refractivity contribution in [2.24, 2.45) is 0 Å². The molecule has 5 heteroatoms. The van der Waals surface area contributed by atoms with Crippen molar-refractivity contribution in [2.75, 3.05) is 0 Å². The SMILES string of the molecule is Cc1csc(CCn2c(=S)[nH]c3c(C)cccc32)n1. The van der Waals surface area contributed by atoms with Gasteiger partial charge in [0.2, 0.25) is 0 Å². The Balaban J connectivity index is 1.95. The molecule has 0 aliphatic carbocycles. The second-order valence-electron chi connectivity index (χ2n) is 4.68. The van der Waals surface area contributed by atoms with Crippen LogP contribution in [-0.2, 0) is 13.0 Å². The Labute approximate surface area is 120 Å². The molecule has 3 aromatic rings. The Bertz CT molecular complexity index is 779. The fourth-order valence-corrected chi connectivity index (χ4v) is 3.33. The third-order valence-corrected chi connectivity index (χ3v) is 4.58. The average molecular weight is 289 g/mol. The molecule has 0 bridgehead atoms. The predicted octanol–water partition coefficient (Wildman–Crippen LogP) is 4.01. The Morgan fingerprint density at radius 2 is 2.21 bits per heavy atom. The molecule has 3 rings (SSSR count). The lowest BCUT2D eigenvalue weighted by Crippen LogP contribution is -2.01. The van der Waals surface area contributed by atoms with Crippen LogP contribution in [0.1, 0.15) is 16.3 Å². The van der Waals surface area contributed by atoms with Crippen LogP contribution in [0.25, 0.3) is 11.0 Å². The first kappa shape index (κ1) is 12.6. The first-order chi connectivity index (χ1) is 9.15. The fraction of sp³-hybridized carbons (Fsp3) is 0.286. The minimum absolute atomic E-state index is 0.789. The molecule has 0 spiro atoms. The molecule has 98 valence electrons. The predicted molar refractivity (Wildman–Crippen MR) is 82.4 cm³/mol. The van der Waals surface area contributed by atoms with Crippen molar-refractivity contribution >= 4 is 34.6 Å². The van der Waals surface area contributed by atoms with Crippen LogP contribution in [-0.4, -0.2) is 14.5 Å². The lowest BCUT2D eigenvalue weighted by Gasteiger charge is -2.03. The number of imidazole rings is 1. The highest BCUT2D eigenvalue weighted by Crippen LogP contribution is 2.19. The number of rotatable bonds is 3. The van der Waals surface area contributed by atoms with Crippen LogP contribution >= 0.6 is 23.6 Å². The topological polar surface area (TPSA) is 33.6 Å². The van der Waals surface area contributed by atoms with Crippen LogP contribution in [0.2, 0.25) is 0 Å². The molecule has 0 radical (unpaired) electrons. The highest BCUT2D eigenvalue weighted by Gasteiger charge is 2.07. The molecule has 3 nitrogen and oxygen atoms in total. The van der Waals surface area contributed by atoms with Crippen LogP contribution in [0, 0.1) is 18.6 Å². The van der Waals surface area contributed by atoms with Crippen molar-refractivity contribution in [2.45, 2.75) is 26.8 Å². The molecule has 0 amide bonds. The maximum atomic E-state index is 5.42. The Morgan fingerprint density at radius 1 is 1.37 bits per heavy atom. The summed E-state index contributed by atoms with van der Waals surface area (Å²) in [5, 5.41) is 3.26. The van der Waals surface area contributed by atoms with Gasteiger partial charge in [0, 0.05) is 24.0 Å². The van der Waals surface area contributed by atoms with Crippen LogP contribution in [0.4, 0.5) is 0 Å². The number of benzene rings is 1. The van der Waals surface area contributed by atoms with Crippen LogP contribution in [0.3, 0.4) is 0 Å². The Hall–Kier alpha value is -1.46. The van der Waals surface area contributed by atoms with Crippen molar-refractivity contribution in [3.8, 4) is 0 Å². The zero-order chi connectivity index (χ0) is 13.4. The van der Waals surface area contributed by atoms with E-state index in [-0.39, 0.29) is 0 Å². The van der Waals surface area contributed by atoms with Crippen molar-refractivity contribution in [3.05, 3.63) is 44.6 Å². The lowest BCUT2D eigenvalue weighted by atomic mass is 10.2. The average Bonchev–Trinajstić information content (AvgIpc) is 2.92. The number of hydrogen-bond donors (Lipinski definition) is 1. The van der Waals surface area contributed by atoms with Crippen LogP contribution in [0.5, 0.6) is 0 Å². The first-order valence-electron chi connectivity index (χ1n) is 6.24. The van der Waals surface area contributed by atoms with Gasteiger partial charge in [-0.25, -0.2) is 4.98 Å². The van der Waals surface area contributed by atoms with E-state index in [1.54, 1.807) is 11.3 Å². The minimum atomic E-state index is 0.789. The quantitative estimate of drug-likeness (QED) is 0.739. The second-order valence-corrected chi connectivity index (χ2v) is 6.01. The van der Waals surface area contributed by atoms with Gasteiger partial charge in [-0.3, -0.25) is 0 Å². The van der Waals surface area contributed by atoms with E-state index < -0.39 is 0 Å². The van der Waals surface area contributed by atoms with E-state index >= 15 is 0 Å². The van der Waals surface area contributed by atoms with Gasteiger partial charge < -0.3 is 9.55 Å². The number of aryl methyl sites for hydroxylation is 4. The minimum Gasteiger partial charge on any atom is -0.330 e. The lowest BCUT2D eigenvalue weighted by molar-refractivity contribution is 0.703. The number of fused-ring (bicyclic) bond motifs is 1. The molecule has 0 aliphatic heterocycles. The largest absolute Gasteiger partial charge is 0.330 e. The second kappa shape index (κ2) is 4.90. The Morgan fingerprint density at radius 3 is 2.95 bits per heavy atom. The van der Waals surface area contributed by atoms with Crippen LogP contribution in [0.15, 0.2) is 23.6 Å². The number of aromatic amines is 1. The number of hydrogen-bond acceptors (Lipinski definition) is 3. The molecule has 0 saturated heterocycles. The smallest absolute Gasteiger partial charge is 0.178 e. The molecule has 2 aromatic heterocycles. The van der Waals surface area contributed by atoms with Gasteiger partial charge in [0.05, 0.1) is 16.0 Å². The number of para-hydroxylation sites is 1. The van der Waals surface area contributed by atoms with Gasteiger partial charge in [-0.15, -0.1) is 11.3 Å². The van der Waals surface area contributed by atoms with Crippen molar-refractivity contribution in [1.82, 2.24) is 14.5 Å². The van der Waals surface area contributed by atoms with Crippen molar-refractivity contribution < 1.29 is 0 Å². The third kappa shape index (κ3) is 2.35. The monoisotopic (exact) mass is 289 g/mol. The summed E-state index contributed by atoms with van der Waals surface area (Å²) in [6.45, 7) is 5.00. The van der Waals surface area contributed by atoms with E-state index in [2.05, 4.69) is 45.0 Å².